The number of amides is 2. The quantitative estimate of drug-likeness (QED) is 0.0362. The number of carbonyl (C=O) groups is 6. The number of ketones is 2. The summed E-state index contributed by atoms with van der Waals surface area (Å²) in [6, 6.07) is 11.4. The molecule has 2 aliphatic carbocycles. The summed E-state index contributed by atoms with van der Waals surface area (Å²) in [7, 11) is 0. The molecule has 2 aromatic heterocycles. The Labute approximate surface area is 397 Å². The molecule has 8 rings (SSSR count). The number of aliphatic carboxylic acids is 2. The van der Waals surface area contributed by atoms with Gasteiger partial charge in [0.1, 0.15) is 0 Å². The molecule has 12 heteroatoms. The molecule has 4 aliphatic rings. The van der Waals surface area contributed by atoms with E-state index in [0.29, 0.717) is 69.0 Å². The number of anilines is 2. The summed E-state index contributed by atoms with van der Waals surface area (Å²) in [5.74, 6) is 10.6. The first-order chi connectivity index (χ1) is 32.9. The van der Waals surface area contributed by atoms with Gasteiger partial charge in [-0.25, -0.2) is 0 Å². The molecule has 0 saturated carbocycles. The molecule has 6 N–H and O–H groups in total. The number of aromatic nitrogens is 2. The summed E-state index contributed by atoms with van der Waals surface area (Å²) >= 11 is 0. The summed E-state index contributed by atoms with van der Waals surface area (Å²) in [6.45, 7) is 4.38. The van der Waals surface area contributed by atoms with Crippen LogP contribution in [0.5, 0.6) is 0 Å². The minimum atomic E-state index is -0.917. The number of H-pyrrole nitrogens is 2. The van der Waals surface area contributed by atoms with Crippen molar-refractivity contribution in [2.24, 2.45) is 0 Å². The Balaban J connectivity index is 0.000000201. The number of Topliss-reactive ketones (excluding diaryl/α,β-unsaturated/α-hetero) is 2. The molecule has 4 aromatic rings. The number of unbranched alkanes of at least 4 members (excludes halogenated alkanes) is 8. The number of hydrogen-bond donors (Lipinski definition) is 6. The summed E-state index contributed by atoms with van der Waals surface area (Å²) < 4.78 is 0. The highest BCUT2D eigenvalue weighted by molar-refractivity contribution is 6.35. The highest BCUT2D eigenvalue weighted by Gasteiger charge is 2.31. The fourth-order valence-electron chi connectivity index (χ4n) is 9.34. The van der Waals surface area contributed by atoms with Gasteiger partial charge in [0.2, 0.25) is 0 Å². The van der Waals surface area contributed by atoms with Crippen LogP contribution in [-0.2, 0) is 44.9 Å². The Morgan fingerprint density at radius 3 is 1.41 bits per heavy atom. The van der Waals surface area contributed by atoms with Crippen molar-refractivity contribution in [2.75, 3.05) is 10.6 Å². The Morgan fingerprint density at radius 2 is 1.01 bits per heavy atom. The molecule has 0 unspecified atom stereocenters. The van der Waals surface area contributed by atoms with Gasteiger partial charge in [0, 0.05) is 94.7 Å². The fourth-order valence-corrected chi connectivity index (χ4v) is 9.34. The number of carboxylic acid groups (broad SMARTS) is 2. The monoisotopic (exact) mass is 916 g/mol. The molecule has 68 heavy (non-hydrogen) atoms. The van der Waals surface area contributed by atoms with Gasteiger partial charge in [-0.1, -0.05) is 88.2 Å². The molecular formula is C56H60N4O8. The topological polar surface area (TPSA) is 199 Å². The second-order valence-corrected chi connectivity index (χ2v) is 17.9. The summed E-state index contributed by atoms with van der Waals surface area (Å²) in [6.07, 6.45) is 19.0. The molecular weight excluding hydrogens is 857 g/mol. The van der Waals surface area contributed by atoms with E-state index in [-0.39, 0.29) is 49.1 Å². The highest BCUT2D eigenvalue weighted by atomic mass is 16.4. The lowest BCUT2D eigenvalue weighted by molar-refractivity contribution is -0.138. The molecule has 2 aliphatic heterocycles. The van der Waals surface area contributed by atoms with Crippen molar-refractivity contribution in [3.63, 3.8) is 0 Å². The molecule has 0 fully saturated rings. The van der Waals surface area contributed by atoms with Gasteiger partial charge in [-0.15, -0.1) is 0 Å². The Morgan fingerprint density at radius 1 is 0.588 bits per heavy atom. The van der Waals surface area contributed by atoms with E-state index in [0.717, 1.165) is 85.0 Å². The van der Waals surface area contributed by atoms with Crippen LogP contribution in [0.4, 0.5) is 11.4 Å². The van der Waals surface area contributed by atoms with E-state index in [1.54, 1.807) is 12.2 Å². The van der Waals surface area contributed by atoms with Crippen LogP contribution in [0.3, 0.4) is 0 Å². The smallest absolute Gasteiger partial charge is 0.303 e. The van der Waals surface area contributed by atoms with E-state index in [2.05, 4.69) is 58.1 Å². The summed E-state index contributed by atoms with van der Waals surface area (Å²) in [5, 5.41) is 24.2. The first kappa shape index (κ1) is 48.7. The molecule has 12 nitrogen and oxygen atoms in total. The number of hydrogen-bond acceptors (Lipinski definition) is 6. The first-order valence-corrected chi connectivity index (χ1v) is 24.3. The average molecular weight is 917 g/mol. The fraction of sp³-hybridized carbons (Fsp3) is 0.393. The van der Waals surface area contributed by atoms with Gasteiger partial charge in [-0.05, 0) is 98.9 Å². The third-order valence-corrected chi connectivity index (χ3v) is 12.8. The van der Waals surface area contributed by atoms with Crippen molar-refractivity contribution >= 4 is 70.0 Å². The lowest BCUT2D eigenvalue weighted by Gasteiger charge is -2.11. The molecule has 0 bridgehead atoms. The van der Waals surface area contributed by atoms with E-state index in [1.807, 2.05) is 36.4 Å². The largest absolute Gasteiger partial charge is 0.481 e. The SMILES string of the molecule is CCCCCCC#Cc1ccc2c(c1)NC(=O)/C2=C\c1[nH]c2c(c1CCC(=O)O)C(=O)CCC2.CCCCCCC#Cc1ccc2c(c1)NC(=O)C2=Cc1[nH]c2c(c1CCC(=O)O)C(=O)CCC2. The van der Waals surface area contributed by atoms with Gasteiger partial charge < -0.3 is 30.8 Å². The zero-order valence-corrected chi connectivity index (χ0v) is 39.1. The molecule has 0 spiro atoms. The van der Waals surface area contributed by atoms with Gasteiger partial charge in [0.25, 0.3) is 11.8 Å². The van der Waals surface area contributed by atoms with E-state index >= 15 is 0 Å². The number of nitrogens with one attached hydrogen (secondary N) is 4. The van der Waals surface area contributed by atoms with Crippen LogP contribution in [0, 0.1) is 23.7 Å². The van der Waals surface area contributed by atoms with E-state index in [4.69, 9.17) is 0 Å². The van der Waals surface area contributed by atoms with E-state index < -0.39 is 11.9 Å². The van der Waals surface area contributed by atoms with Crippen LogP contribution < -0.4 is 10.6 Å². The number of fused-ring (bicyclic) bond motifs is 4. The molecule has 0 radical (unpaired) electrons. The molecule has 2 aromatic carbocycles. The Hall–Kier alpha value is -7.18. The van der Waals surface area contributed by atoms with Crippen LogP contribution in [0.1, 0.15) is 193 Å². The molecule has 0 saturated heterocycles. The van der Waals surface area contributed by atoms with Crippen LogP contribution in [0.25, 0.3) is 23.3 Å². The van der Waals surface area contributed by atoms with E-state index in [1.165, 1.54) is 38.5 Å². The lowest BCUT2D eigenvalue weighted by atomic mass is 9.91. The van der Waals surface area contributed by atoms with Crippen molar-refractivity contribution < 1.29 is 39.0 Å². The van der Waals surface area contributed by atoms with Crippen molar-refractivity contribution in [3.05, 3.63) is 104 Å². The maximum Gasteiger partial charge on any atom is 0.303 e. The normalized spacial score (nSPS) is 15.5. The lowest BCUT2D eigenvalue weighted by Crippen LogP contribution is -2.11. The van der Waals surface area contributed by atoms with Crippen LogP contribution >= 0.6 is 0 Å². The third kappa shape index (κ3) is 11.8. The van der Waals surface area contributed by atoms with Crippen molar-refractivity contribution in [2.45, 2.75) is 142 Å². The number of aryl methyl sites for hydroxylation is 2. The minimum Gasteiger partial charge on any atom is -0.481 e. The zero-order valence-electron chi connectivity index (χ0n) is 39.1. The van der Waals surface area contributed by atoms with Gasteiger partial charge >= 0.3 is 11.9 Å². The van der Waals surface area contributed by atoms with Crippen LogP contribution in [-0.4, -0.2) is 55.5 Å². The molecule has 2 amide bonds. The van der Waals surface area contributed by atoms with Gasteiger partial charge in [0.05, 0.1) is 22.5 Å². The third-order valence-electron chi connectivity index (χ3n) is 12.8. The van der Waals surface area contributed by atoms with Crippen molar-refractivity contribution in [1.82, 2.24) is 9.97 Å². The van der Waals surface area contributed by atoms with E-state index in [9.17, 15) is 39.0 Å². The number of rotatable bonds is 16. The highest BCUT2D eigenvalue weighted by Crippen LogP contribution is 2.38. The summed E-state index contributed by atoms with van der Waals surface area (Å²) in [5.41, 5.74) is 11.3. The molecule has 4 heterocycles. The minimum absolute atomic E-state index is 0.0386. The second-order valence-electron chi connectivity index (χ2n) is 17.9. The number of benzene rings is 2. The standard InChI is InChI=1S/2C28H30N2O4/c2*1-2-3-4-5-6-7-9-18-12-13-19-21(28(34)30-23(19)16-18)17-24-20(14-15-26(32)33)27-22(29-24)10-8-11-25(27)31/h2*12-13,16-17,29H,2-6,8,10-11,14-15H2,1H3,(H,30,34)(H,32,33)/b21-17-;. The van der Waals surface area contributed by atoms with Gasteiger partial charge in [-0.2, -0.15) is 0 Å². The molecule has 352 valence electrons. The van der Waals surface area contributed by atoms with Crippen molar-refractivity contribution in [1.29, 1.82) is 0 Å². The molecule has 0 atom stereocenters. The predicted molar refractivity (Wildman–Crippen MR) is 265 cm³/mol. The Kier molecular flexibility index (Phi) is 16.5. The van der Waals surface area contributed by atoms with Gasteiger partial charge in [-0.3, -0.25) is 28.8 Å². The maximum atomic E-state index is 12.8. The second kappa shape index (κ2) is 23.0. The van der Waals surface area contributed by atoms with Crippen LogP contribution in [0.2, 0.25) is 0 Å². The average Bonchev–Trinajstić information content (AvgIpc) is 4.04. The zero-order chi connectivity index (χ0) is 48.2. The maximum absolute atomic E-state index is 12.8. The summed E-state index contributed by atoms with van der Waals surface area (Å²) in [4.78, 5) is 79.8. The number of carbonyl (C=O) groups excluding carboxylic acids is 4. The van der Waals surface area contributed by atoms with Crippen LogP contribution in [0.15, 0.2) is 36.4 Å². The van der Waals surface area contributed by atoms with Gasteiger partial charge in [0.15, 0.2) is 11.6 Å². The predicted octanol–water partition coefficient (Wildman–Crippen LogP) is 10.7. The first-order valence-electron chi connectivity index (χ1n) is 24.3. The van der Waals surface area contributed by atoms with Crippen molar-refractivity contribution in [3.8, 4) is 23.7 Å². The number of aromatic amines is 2. The Bertz CT molecular complexity index is 2640. The number of carboxylic acids is 2.